The Balaban J connectivity index is 1.74. The number of amides is 3. The summed E-state index contributed by atoms with van der Waals surface area (Å²) in [5, 5.41) is 10.3. The topological polar surface area (TPSA) is 104 Å². The maximum absolute atomic E-state index is 13.2. The number of unbranched alkanes of at least 4 members (excludes halogenated alkanes) is 1. The Kier molecular flexibility index (Phi) is 9.74. The summed E-state index contributed by atoms with van der Waals surface area (Å²) in [6.45, 7) is 3.56. The summed E-state index contributed by atoms with van der Waals surface area (Å²) in [5.41, 5.74) is 1.31. The summed E-state index contributed by atoms with van der Waals surface area (Å²) < 4.78 is 0. The summed E-state index contributed by atoms with van der Waals surface area (Å²) in [6.07, 6.45) is 3.22. The third-order valence-corrected chi connectivity index (χ3v) is 6.02. The quantitative estimate of drug-likeness (QED) is 0.340. The first kappa shape index (κ1) is 26.6. The minimum absolute atomic E-state index is 0.247. The molecule has 3 amide bonds. The van der Waals surface area contributed by atoms with Crippen LogP contribution in [0.15, 0.2) is 72.8 Å². The molecule has 3 atom stereocenters. The van der Waals surface area contributed by atoms with Gasteiger partial charge in [0.25, 0.3) is 5.91 Å². The number of carbonyl (C=O) groups is 4. The number of benzene rings is 3. The molecule has 0 saturated heterocycles. The number of rotatable bonds is 12. The number of aldehydes is 1. The van der Waals surface area contributed by atoms with Gasteiger partial charge >= 0.3 is 0 Å². The van der Waals surface area contributed by atoms with Crippen molar-refractivity contribution in [2.75, 3.05) is 0 Å². The van der Waals surface area contributed by atoms with E-state index in [4.69, 9.17) is 0 Å². The molecule has 0 aliphatic rings. The minimum Gasteiger partial charge on any atom is -0.345 e. The Hall–Kier alpha value is -4.00. The molecule has 3 unspecified atom stereocenters. The normalized spacial score (nSPS) is 13.3. The Labute approximate surface area is 211 Å². The first-order valence-electron chi connectivity index (χ1n) is 12.3. The molecular formula is C29H33N3O4. The van der Waals surface area contributed by atoms with Crippen LogP contribution in [0.3, 0.4) is 0 Å². The highest BCUT2D eigenvalue weighted by molar-refractivity contribution is 5.98. The molecule has 0 aliphatic heterocycles. The minimum atomic E-state index is -0.906. The van der Waals surface area contributed by atoms with Gasteiger partial charge in [-0.2, -0.15) is 0 Å². The van der Waals surface area contributed by atoms with Crippen LogP contribution in [0, 0.1) is 0 Å². The van der Waals surface area contributed by atoms with E-state index in [1.54, 1.807) is 31.2 Å². The van der Waals surface area contributed by atoms with Crippen LogP contribution in [0.2, 0.25) is 0 Å². The van der Waals surface area contributed by atoms with Crippen LogP contribution in [0.1, 0.15) is 49.0 Å². The fourth-order valence-corrected chi connectivity index (χ4v) is 3.93. The third kappa shape index (κ3) is 7.50. The van der Waals surface area contributed by atoms with Gasteiger partial charge in [0.2, 0.25) is 11.8 Å². The number of fused-ring (bicyclic) bond motifs is 1. The van der Waals surface area contributed by atoms with Crippen molar-refractivity contribution in [3.05, 3.63) is 83.9 Å². The summed E-state index contributed by atoms with van der Waals surface area (Å²) in [6, 6.07) is 20.1. The van der Waals surface area contributed by atoms with E-state index in [9.17, 15) is 19.2 Å². The largest absolute Gasteiger partial charge is 0.345 e. The molecule has 3 N–H and O–H groups in total. The average molecular weight is 488 g/mol. The zero-order chi connectivity index (χ0) is 25.9. The van der Waals surface area contributed by atoms with Crippen molar-refractivity contribution in [3.63, 3.8) is 0 Å². The van der Waals surface area contributed by atoms with Crippen molar-refractivity contribution < 1.29 is 19.2 Å². The van der Waals surface area contributed by atoms with Gasteiger partial charge in [-0.1, -0.05) is 80.4 Å². The Morgan fingerprint density at radius 1 is 0.833 bits per heavy atom. The van der Waals surface area contributed by atoms with Crippen molar-refractivity contribution in [1.82, 2.24) is 16.0 Å². The lowest BCUT2D eigenvalue weighted by Crippen LogP contribution is -2.54. The molecule has 3 rings (SSSR count). The molecule has 7 heteroatoms. The molecule has 0 bridgehead atoms. The van der Waals surface area contributed by atoms with Crippen LogP contribution < -0.4 is 16.0 Å². The molecule has 0 aliphatic carbocycles. The second kappa shape index (κ2) is 13.2. The lowest BCUT2D eigenvalue weighted by molar-refractivity contribution is -0.130. The number of hydrogen-bond donors (Lipinski definition) is 3. The number of carbonyl (C=O) groups excluding carboxylic acids is 4. The highest BCUT2D eigenvalue weighted by Gasteiger charge is 2.26. The van der Waals surface area contributed by atoms with Crippen LogP contribution in [-0.2, 0) is 20.8 Å². The molecule has 3 aromatic carbocycles. The standard InChI is InChI=1S/C29H33N3O4/c1-3-4-14-25(19-33)31-27(34)20(2)30-29(36)26(32-28(35)23-11-6-5-7-12-23)18-21-15-16-22-10-8-9-13-24(22)17-21/h5-13,15-17,19-20,25-26H,3-4,14,18H2,1-2H3,(H,30,36)(H,31,34)(H,32,35). The van der Waals surface area contributed by atoms with Gasteiger partial charge in [0, 0.05) is 12.0 Å². The molecule has 0 fully saturated rings. The predicted octanol–water partition coefficient (Wildman–Crippen LogP) is 3.56. The monoisotopic (exact) mass is 487 g/mol. The predicted molar refractivity (Wildman–Crippen MR) is 140 cm³/mol. The zero-order valence-electron chi connectivity index (χ0n) is 20.7. The van der Waals surface area contributed by atoms with Gasteiger partial charge in [-0.25, -0.2) is 0 Å². The van der Waals surface area contributed by atoms with Crippen LogP contribution in [-0.4, -0.2) is 42.1 Å². The van der Waals surface area contributed by atoms with Gasteiger partial charge in [0.15, 0.2) is 0 Å². The van der Waals surface area contributed by atoms with Crippen molar-refractivity contribution in [1.29, 1.82) is 0 Å². The van der Waals surface area contributed by atoms with Gasteiger partial charge < -0.3 is 20.7 Å². The molecule has 0 radical (unpaired) electrons. The van der Waals surface area contributed by atoms with E-state index in [-0.39, 0.29) is 12.3 Å². The van der Waals surface area contributed by atoms with E-state index < -0.39 is 29.9 Å². The van der Waals surface area contributed by atoms with Gasteiger partial charge in [-0.05, 0) is 41.8 Å². The Morgan fingerprint density at radius 3 is 2.22 bits per heavy atom. The third-order valence-electron chi connectivity index (χ3n) is 6.02. The second-order valence-electron chi connectivity index (χ2n) is 8.90. The Morgan fingerprint density at radius 2 is 1.53 bits per heavy atom. The van der Waals surface area contributed by atoms with E-state index in [1.165, 1.54) is 0 Å². The number of hydrogen-bond acceptors (Lipinski definition) is 4. The van der Waals surface area contributed by atoms with Crippen molar-refractivity contribution in [2.24, 2.45) is 0 Å². The fraction of sp³-hybridized carbons (Fsp3) is 0.310. The lowest BCUT2D eigenvalue weighted by atomic mass is 10.0. The van der Waals surface area contributed by atoms with E-state index in [2.05, 4.69) is 16.0 Å². The van der Waals surface area contributed by atoms with Crippen molar-refractivity contribution >= 4 is 34.8 Å². The molecule has 7 nitrogen and oxygen atoms in total. The SMILES string of the molecule is CCCCC(C=O)NC(=O)C(C)NC(=O)C(Cc1ccc2ccccc2c1)NC(=O)c1ccccc1. The molecule has 36 heavy (non-hydrogen) atoms. The van der Waals surface area contributed by atoms with Crippen LogP contribution >= 0.6 is 0 Å². The molecule has 0 heterocycles. The summed E-state index contributed by atoms with van der Waals surface area (Å²) in [5.74, 6) is -1.31. The summed E-state index contributed by atoms with van der Waals surface area (Å²) >= 11 is 0. The van der Waals surface area contributed by atoms with Crippen molar-refractivity contribution in [3.8, 4) is 0 Å². The van der Waals surface area contributed by atoms with Crippen LogP contribution in [0.4, 0.5) is 0 Å². The van der Waals surface area contributed by atoms with Gasteiger partial charge in [-0.3, -0.25) is 14.4 Å². The second-order valence-corrected chi connectivity index (χ2v) is 8.90. The smallest absolute Gasteiger partial charge is 0.251 e. The number of nitrogens with one attached hydrogen (secondary N) is 3. The molecule has 188 valence electrons. The van der Waals surface area contributed by atoms with Gasteiger partial charge in [-0.15, -0.1) is 0 Å². The first-order chi connectivity index (χ1) is 17.4. The van der Waals surface area contributed by atoms with E-state index >= 15 is 0 Å². The van der Waals surface area contributed by atoms with E-state index in [1.807, 2.05) is 55.5 Å². The van der Waals surface area contributed by atoms with E-state index in [0.29, 0.717) is 18.3 Å². The Bertz CT molecular complexity index is 1200. The molecule has 3 aromatic rings. The first-order valence-corrected chi connectivity index (χ1v) is 12.3. The summed E-state index contributed by atoms with van der Waals surface area (Å²) in [4.78, 5) is 50.0. The zero-order valence-corrected chi connectivity index (χ0v) is 20.7. The fourth-order valence-electron chi connectivity index (χ4n) is 3.93. The highest BCUT2D eigenvalue weighted by atomic mass is 16.2. The van der Waals surface area contributed by atoms with Crippen LogP contribution in [0.5, 0.6) is 0 Å². The average Bonchev–Trinajstić information content (AvgIpc) is 2.90. The van der Waals surface area contributed by atoms with Crippen LogP contribution in [0.25, 0.3) is 10.8 Å². The molecule has 0 spiro atoms. The van der Waals surface area contributed by atoms with E-state index in [0.717, 1.165) is 29.2 Å². The maximum Gasteiger partial charge on any atom is 0.251 e. The maximum atomic E-state index is 13.2. The van der Waals surface area contributed by atoms with Gasteiger partial charge in [0.1, 0.15) is 18.4 Å². The molecule has 0 saturated carbocycles. The van der Waals surface area contributed by atoms with Crippen molar-refractivity contribution in [2.45, 2.75) is 57.7 Å². The van der Waals surface area contributed by atoms with Gasteiger partial charge in [0.05, 0.1) is 6.04 Å². The lowest BCUT2D eigenvalue weighted by Gasteiger charge is -2.22. The highest BCUT2D eigenvalue weighted by Crippen LogP contribution is 2.17. The summed E-state index contributed by atoms with van der Waals surface area (Å²) in [7, 11) is 0. The molecule has 0 aromatic heterocycles. The molecular weight excluding hydrogens is 454 g/mol.